The fourth-order valence-electron chi connectivity index (χ4n) is 0.946. The first-order valence-electron chi connectivity index (χ1n) is 4.68. The molecule has 1 aromatic heterocycles. The predicted octanol–water partition coefficient (Wildman–Crippen LogP) is 2.11. The Bertz CT molecular complexity index is 349. The normalized spacial score (nSPS) is 11.5. The third-order valence-corrected chi connectivity index (χ3v) is 3.80. The lowest BCUT2D eigenvalue weighted by atomic mass is 9.93. The number of rotatable bonds is 4. The zero-order chi connectivity index (χ0) is 11.5. The molecule has 15 heavy (non-hydrogen) atoms. The summed E-state index contributed by atoms with van der Waals surface area (Å²) in [5, 5.41) is 2.87. The predicted molar refractivity (Wildman–Crippen MR) is 66.7 cm³/mol. The molecule has 5 heteroatoms. The van der Waals surface area contributed by atoms with Crippen LogP contribution in [0.15, 0.2) is 15.9 Å². The first-order valence-corrected chi connectivity index (χ1v) is 6.29. The molecule has 0 fully saturated rings. The number of halogens is 1. The highest BCUT2D eigenvalue weighted by molar-refractivity contribution is 9.11. The Labute approximate surface area is 102 Å². The van der Waals surface area contributed by atoms with Crippen LogP contribution in [0.3, 0.4) is 0 Å². The summed E-state index contributed by atoms with van der Waals surface area (Å²) in [6, 6.07) is 3.96. The highest BCUT2D eigenvalue weighted by Crippen LogP contribution is 2.22. The first kappa shape index (κ1) is 12.7. The van der Waals surface area contributed by atoms with Gasteiger partial charge < -0.3 is 11.1 Å². The standard InChI is InChI=1S/C10H15BrN2OS/c1-10(2,6-12)9(14)13-5-7-3-4-8(11)15-7/h3-4H,5-6,12H2,1-2H3,(H,13,14). The lowest BCUT2D eigenvalue weighted by molar-refractivity contribution is -0.129. The second kappa shape index (κ2) is 5.09. The molecule has 0 aliphatic carbocycles. The van der Waals surface area contributed by atoms with Crippen molar-refractivity contribution in [3.63, 3.8) is 0 Å². The smallest absolute Gasteiger partial charge is 0.227 e. The van der Waals surface area contributed by atoms with Crippen LogP contribution in [-0.2, 0) is 11.3 Å². The van der Waals surface area contributed by atoms with E-state index in [9.17, 15) is 4.79 Å². The fraction of sp³-hybridized carbons (Fsp3) is 0.500. The molecule has 0 radical (unpaired) electrons. The van der Waals surface area contributed by atoms with E-state index < -0.39 is 5.41 Å². The molecular formula is C10H15BrN2OS. The van der Waals surface area contributed by atoms with E-state index in [1.54, 1.807) is 11.3 Å². The van der Waals surface area contributed by atoms with E-state index in [2.05, 4.69) is 21.2 Å². The molecule has 84 valence electrons. The van der Waals surface area contributed by atoms with E-state index in [4.69, 9.17) is 5.73 Å². The number of carbonyl (C=O) groups is 1. The van der Waals surface area contributed by atoms with Gasteiger partial charge in [0, 0.05) is 11.4 Å². The van der Waals surface area contributed by atoms with Crippen LogP contribution in [0.5, 0.6) is 0 Å². The van der Waals surface area contributed by atoms with Gasteiger partial charge in [-0.1, -0.05) is 0 Å². The molecule has 3 nitrogen and oxygen atoms in total. The van der Waals surface area contributed by atoms with Crippen LogP contribution in [0.4, 0.5) is 0 Å². The summed E-state index contributed by atoms with van der Waals surface area (Å²) >= 11 is 5.00. The highest BCUT2D eigenvalue weighted by Gasteiger charge is 2.25. The van der Waals surface area contributed by atoms with Gasteiger partial charge in [0.25, 0.3) is 0 Å². The Morgan fingerprint density at radius 2 is 2.27 bits per heavy atom. The molecule has 1 heterocycles. The second-order valence-corrected chi connectivity index (χ2v) is 6.52. The first-order chi connectivity index (χ1) is 6.95. The Kier molecular flexibility index (Phi) is 4.31. The van der Waals surface area contributed by atoms with Crippen LogP contribution in [-0.4, -0.2) is 12.5 Å². The number of nitrogens with two attached hydrogens (primary N) is 1. The molecule has 0 saturated carbocycles. The van der Waals surface area contributed by atoms with Crippen molar-refractivity contribution in [1.82, 2.24) is 5.32 Å². The molecule has 1 rings (SSSR count). The third kappa shape index (κ3) is 3.59. The molecule has 0 bridgehead atoms. The van der Waals surface area contributed by atoms with E-state index in [1.165, 1.54) is 0 Å². The average Bonchev–Trinajstić information content (AvgIpc) is 2.60. The van der Waals surface area contributed by atoms with Crippen molar-refractivity contribution in [3.05, 3.63) is 20.8 Å². The highest BCUT2D eigenvalue weighted by atomic mass is 79.9. The van der Waals surface area contributed by atoms with Gasteiger partial charge >= 0.3 is 0 Å². The number of amides is 1. The number of thiophene rings is 1. The van der Waals surface area contributed by atoms with Crippen molar-refractivity contribution < 1.29 is 4.79 Å². The van der Waals surface area contributed by atoms with E-state index in [0.29, 0.717) is 13.1 Å². The fourth-order valence-corrected chi connectivity index (χ4v) is 2.37. The zero-order valence-electron chi connectivity index (χ0n) is 8.84. The maximum absolute atomic E-state index is 11.7. The second-order valence-electron chi connectivity index (χ2n) is 3.98. The molecule has 3 N–H and O–H groups in total. The molecule has 0 atom stereocenters. The van der Waals surface area contributed by atoms with E-state index in [-0.39, 0.29) is 5.91 Å². The molecule has 0 aromatic carbocycles. The molecule has 0 saturated heterocycles. The maximum atomic E-state index is 11.7. The Balaban J connectivity index is 2.47. The minimum Gasteiger partial charge on any atom is -0.351 e. The van der Waals surface area contributed by atoms with E-state index >= 15 is 0 Å². The number of nitrogens with one attached hydrogen (secondary N) is 1. The quantitative estimate of drug-likeness (QED) is 0.892. The van der Waals surface area contributed by atoms with Crippen LogP contribution in [0.25, 0.3) is 0 Å². The lowest BCUT2D eigenvalue weighted by Crippen LogP contribution is -2.41. The number of hydrogen-bond acceptors (Lipinski definition) is 3. The van der Waals surface area contributed by atoms with Crippen molar-refractivity contribution in [3.8, 4) is 0 Å². The van der Waals surface area contributed by atoms with Crippen molar-refractivity contribution in [2.24, 2.45) is 11.1 Å². The van der Waals surface area contributed by atoms with Crippen LogP contribution in [0, 0.1) is 5.41 Å². The van der Waals surface area contributed by atoms with Crippen molar-refractivity contribution >= 4 is 33.2 Å². The van der Waals surface area contributed by atoms with Crippen LogP contribution in [0.2, 0.25) is 0 Å². The Hall–Kier alpha value is -0.390. The summed E-state index contributed by atoms with van der Waals surface area (Å²) in [6.45, 7) is 4.60. The minimum absolute atomic E-state index is 0.00507. The zero-order valence-corrected chi connectivity index (χ0v) is 11.2. The Morgan fingerprint density at radius 1 is 1.60 bits per heavy atom. The molecular weight excluding hydrogens is 276 g/mol. The molecule has 0 spiro atoms. The van der Waals surface area contributed by atoms with Crippen LogP contribution >= 0.6 is 27.3 Å². The molecule has 0 unspecified atom stereocenters. The monoisotopic (exact) mass is 290 g/mol. The van der Waals surface area contributed by atoms with Gasteiger partial charge in [0.1, 0.15) is 0 Å². The van der Waals surface area contributed by atoms with E-state index in [0.717, 1.165) is 8.66 Å². The van der Waals surface area contributed by atoms with Gasteiger partial charge in [0.15, 0.2) is 0 Å². The van der Waals surface area contributed by atoms with Gasteiger partial charge in [-0.2, -0.15) is 0 Å². The SMILES string of the molecule is CC(C)(CN)C(=O)NCc1ccc(Br)s1. The Morgan fingerprint density at radius 3 is 2.73 bits per heavy atom. The topological polar surface area (TPSA) is 55.1 Å². The van der Waals surface area contributed by atoms with Gasteiger partial charge in [-0.05, 0) is 41.9 Å². The largest absolute Gasteiger partial charge is 0.351 e. The van der Waals surface area contributed by atoms with Gasteiger partial charge in [-0.3, -0.25) is 4.79 Å². The van der Waals surface area contributed by atoms with Crippen molar-refractivity contribution in [1.29, 1.82) is 0 Å². The van der Waals surface area contributed by atoms with Gasteiger partial charge in [-0.15, -0.1) is 11.3 Å². The van der Waals surface area contributed by atoms with E-state index in [1.807, 2.05) is 26.0 Å². The number of hydrogen-bond donors (Lipinski definition) is 2. The van der Waals surface area contributed by atoms with Gasteiger partial charge in [0.2, 0.25) is 5.91 Å². The van der Waals surface area contributed by atoms with Crippen molar-refractivity contribution in [2.45, 2.75) is 20.4 Å². The lowest BCUT2D eigenvalue weighted by Gasteiger charge is -2.20. The summed E-state index contributed by atoms with van der Waals surface area (Å²) < 4.78 is 1.07. The average molecular weight is 291 g/mol. The number of carbonyl (C=O) groups excluding carboxylic acids is 1. The third-order valence-electron chi connectivity index (χ3n) is 2.18. The molecule has 0 aliphatic heterocycles. The summed E-state index contributed by atoms with van der Waals surface area (Å²) in [7, 11) is 0. The summed E-state index contributed by atoms with van der Waals surface area (Å²) in [5.74, 6) is -0.00507. The molecule has 1 amide bonds. The van der Waals surface area contributed by atoms with Crippen LogP contribution < -0.4 is 11.1 Å². The van der Waals surface area contributed by atoms with Crippen LogP contribution in [0.1, 0.15) is 18.7 Å². The maximum Gasteiger partial charge on any atom is 0.227 e. The molecule has 1 aromatic rings. The van der Waals surface area contributed by atoms with Crippen molar-refractivity contribution in [2.75, 3.05) is 6.54 Å². The van der Waals surface area contributed by atoms with Gasteiger partial charge in [-0.25, -0.2) is 0 Å². The molecule has 0 aliphatic rings. The minimum atomic E-state index is -0.492. The van der Waals surface area contributed by atoms with Gasteiger partial charge in [0.05, 0.1) is 15.7 Å². The summed E-state index contributed by atoms with van der Waals surface area (Å²) in [4.78, 5) is 12.8. The summed E-state index contributed by atoms with van der Waals surface area (Å²) in [6.07, 6.45) is 0. The summed E-state index contributed by atoms with van der Waals surface area (Å²) in [5.41, 5.74) is 5.02.